The van der Waals surface area contributed by atoms with Gasteiger partial charge in [0.1, 0.15) is 0 Å². The normalized spacial score (nSPS) is 33.0. The SMILES string of the molecule is CCCCC1CC2(C1)CC(c1ccc(F)c(F)c1)C2. The molecule has 2 aliphatic rings. The lowest BCUT2D eigenvalue weighted by atomic mass is 9.47. The zero-order valence-corrected chi connectivity index (χ0v) is 11.6. The van der Waals surface area contributed by atoms with Crippen LogP contribution in [0.2, 0.25) is 0 Å². The van der Waals surface area contributed by atoms with E-state index < -0.39 is 11.6 Å². The number of hydrogen-bond donors (Lipinski definition) is 0. The molecule has 1 aromatic rings. The quantitative estimate of drug-likeness (QED) is 0.680. The van der Waals surface area contributed by atoms with E-state index in [2.05, 4.69) is 6.92 Å². The van der Waals surface area contributed by atoms with Crippen molar-refractivity contribution in [2.45, 2.75) is 57.8 Å². The molecule has 0 saturated heterocycles. The summed E-state index contributed by atoms with van der Waals surface area (Å²) in [5.74, 6) is -0.0398. The summed E-state index contributed by atoms with van der Waals surface area (Å²) in [5, 5.41) is 0. The van der Waals surface area contributed by atoms with E-state index in [9.17, 15) is 8.78 Å². The minimum absolute atomic E-state index is 0.460. The van der Waals surface area contributed by atoms with Gasteiger partial charge in [-0.1, -0.05) is 32.3 Å². The summed E-state index contributed by atoms with van der Waals surface area (Å²) < 4.78 is 26.1. The lowest BCUT2D eigenvalue weighted by Crippen LogP contribution is -2.46. The van der Waals surface area contributed by atoms with Crippen LogP contribution in [0.25, 0.3) is 0 Å². The van der Waals surface area contributed by atoms with Crippen LogP contribution in [-0.4, -0.2) is 0 Å². The van der Waals surface area contributed by atoms with Crippen LogP contribution in [0.1, 0.15) is 63.4 Å². The fourth-order valence-corrected chi connectivity index (χ4v) is 4.18. The smallest absolute Gasteiger partial charge is 0.159 e. The van der Waals surface area contributed by atoms with Crippen LogP contribution in [0.4, 0.5) is 8.78 Å². The van der Waals surface area contributed by atoms with Gasteiger partial charge in [0.15, 0.2) is 11.6 Å². The maximum atomic E-state index is 13.2. The van der Waals surface area contributed by atoms with E-state index in [-0.39, 0.29) is 0 Å². The van der Waals surface area contributed by atoms with E-state index in [1.54, 1.807) is 6.07 Å². The van der Waals surface area contributed by atoms with Gasteiger partial charge >= 0.3 is 0 Å². The van der Waals surface area contributed by atoms with Crippen molar-refractivity contribution in [3.63, 3.8) is 0 Å². The Hall–Kier alpha value is -0.920. The topological polar surface area (TPSA) is 0 Å². The summed E-state index contributed by atoms with van der Waals surface area (Å²) >= 11 is 0. The van der Waals surface area contributed by atoms with Gasteiger partial charge in [-0.2, -0.15) is 0 Å². The molecule has 0 radical (unpaired) electrons. The van der Waals surface area contributed by atoms with E-state index in [0.29, 0.717) is 11.3 Å². The average molecular weight is 264 g/mol. The molecular weight excluding hydrogens is 242 g/mol. The van der Waals surface area contributed by atoms with Crippen LogP contribution in [0.15, 0.2) is 18.2 Å². The lowest BCUT2D eigenvalue weighted by molar-refractivity contribution is -0.0451. The van der Waals surface area contributed by atoms with Gasteiger partial charge < -0.3 is 0 Å². The van der Waals surface area contributed by atoms with Crippen molar-refractivity contribution in [2.24, 2.45) is 11.3 Å². The molecule has 2 heteroatoms. The number of rotatable bonds is 4. The molecule has 2 aliphatic carbocycles. The molecule has 0 unspecified atom stereocenters. The van der Waals surface area contributed by atoms with Gasteiger partial charge in [0.2, 0.25) is 0 Å². The number of unbranched alkanes of at least 4 members (excludes halogenated alkanes) is 1. The van der Waals surface area contributed by atoms with Crippen molar-refractivity contribution in [1.82, 2.24) is 0 Å². The fourth-order valence-electron chi connectivity index (χ4n) is 4.18. The van der Waals surface area contributed by atoms with Gasteiger partial charge in [0, 0.05) is 0 Å². The Balaban J connectivity index is 1.52. The highest BCUT2D eigenvalue weighted by Crippen LogP contribution is 2.64. The molecule has 19 heavy (non-hydrogen) atoms. The number of hydrogen-bond acceptors (Lipinski definition) is 0. The van der Waals surface area contributed by atoms with Crippen LogP contribution >= 0.6 is 0 Å². The van der Waals surface area contributed by atoms with Gasteiger partial charge in [-0.15, -0.1) is 0 Å². The third-order valence-electron chi connectivity index (χ3n) is 5.18. The van der Waals surface area contributed by atoms with Crippen molar-refractivity contribution >= 4 is 0 Å². The van der Waals surface area contributed by atoms with Crippen LogP contribution in [0.5, 0.6) is 0 Å². The molecule has 0 N–H and O–H groups in total. The standard InChI is InChI=1S/C17H22F2/c1-2-3-4-12-8-17(9-12)10-14(11-17)13-5-6-15(18)16(19)7-13/h5-7,12,14H,2-4,8-11H2,1H3. The summed E-state index contributed by atoms with van der Waals surface area (Å²) in [5.41, 5.74) is 1.55. The highest BCUT2D eigenvalue weighted by molar-refractivity contribution is 5.26. The molecule has 0 amide bonds. The second kappa shape index (κ2) is 4.88. The molecule has 3 rings (SSSR count). The monoisotopic (exact) mass is 264 g/mol. The van der Waals surface area contributed by atoms with E-state index in [0.717, 1.165) is 11.5 Å². The lowest BCUT2D eigenvalue weighted by Gasteiger charge is -2.58. The van der Waals surface area contributed by atoms with Gasteiger partial charge in [-0.05, 0) is 60.6 Å². The third-order valence-corrected chi connectivity index (χ3v) is 5.18. The van der Waals surface area contributed by atoms with Crippen molar-refractivity contribution in [1.29, 1.82) is 0 Å². The predicted molar refractivity (Wildman–Crippen MR) is 73.0 cm³/mol. The number of benzene rings is 1. The summed E-state index contributed by atoms with van der Waals surface area (Å²) in [6, 6.07) is 4.41. The van der Waals surface area contributed by atoms with Crippen LogP contribution in [0.3, 0.4) is 0 Å². The molecule has 2 fully saturated rings. The van der Waals surface area contributed by atoms with Crippen molar-refractivity contribution in [3.05, 3.63) is 35.4 Å². The van der Waals surface area contributed by atoms with E-state index in [1.165, 1.54) is 57.1 Å². The Labute approximate surface area is 114 Å². The van der Waals surface area contributed by atoms with Crippen molar-refractivity contribution in [2.75, 3.05) is 0 Å². The highest BCUT2D eigenvalue weighted by Gasteiger charge is 2.52. The zero-order valence-electron chi connectivity index (χ0n) is 11.6. The van der Waals surface area contributed by atoms with Gasteiger partial charge in [-0.25, -0.2) is 8.78 Å². The van der Waals surface area contributed by atoms with E-state index in [4.69, 9.17) is 0 Å². The predicted octanol–water partition coefficient (Wildman–Crippen LogP) is 5.43. The minimum Gasteiger partial charge on any atom is -0.204 e. The van der Waals surface area contributed by atoms with E-state index in [1.807, 2.05) is 0 Å². The molecule has 1 spiro atoms. The van der Waals surface area contributed by atoms with E-state index >= 15 is 0 Å². The molecule has 0 nitrogen and oxygen atoms in total. The maximum Gasteiger partial charge on any atom is 0.159 e. The Bertz CT molecular complexity index is 452. The Morgan fingerprint density at radius 2 is 1.84 bits per heavy atom. The van der Waals surface area contributed by atoms with Gasteiger partial charge in [0.05, 0.1) is 0 Å². The fraction of sp³-hybridized carbons (Fsp3) is 0.647. The first-order chi connectivity index (χ1) is 9.12. The molecule has 0 atom stereocenters. The zero-order chi connectivity index (χ0) is 13.5. The van der Waals surface area contributed by atoms with Crippen molar-refractivity contribution < 1.29 is 8.78 Å². The Morgan fingerprint density at radius 3 is 2.47 bits per heavy atom. The second-order valence-corrected chi connectivity index (χ2v) is 6.70. The Morgan fingerprint density at radius 1 is 1.11 bits per heavy atom. The van der Waals surface area contributed by atoms with Crippen LogP contribution in [-0.2, 0) is 0 Å². The molecule has 2 saturated carbocycles. The first kappa shape index (κ1) is 13.1. The molecule has 0 heterocycles. The molecule has 0 bridgehead atoms. The van der Waals surface area contributed by atoms with Crippen molar-refractivity contribution in [3.8, 4) is 0 Å². The summed E-state index contributed by atoms with van der Waals surface area (Å²) in [6.45, 7) is 2.25. The first-order valence-electron chi connectivity index (χ1n) is 7.57. The Kier molecular flexibility index (Phi) is 3.36. The van der Waals surface area contributed by atoms with Gasteiger partial charge in [-0.3, -0.25) is 0 Å². The molecule has 104 valence electrons. The third kappa shape index (κ3) is 2.42. The average Bonchev–Trinajstić information content (AvgIpc) is 2.29. The van der Waals surface area contributed by atoms with Crippen LogP contribution < -0.4 is 0 Å². The minimum atomic E-state index is -0.735. The summed E-state index contributed by atoms with van der Waals surface area (Å²) in [7, 11) is 0. The number of halogens is 2. The summed E-state index contributed by atoms with van der Waals surface area (Å²) in [4.78, 5) is 0. The molecule has 1 aromatic carbocycles. The highest BCUT2D eigenvalue weighted by atomic mass is 19.2. The van der Waals surface area contributed by atoms with Gasteiger partial charge in [0.25, 0.3) is 0 Å². The molecular formula is C17H22F2. The molecule has 0 aromatic heterocycles. The largest absolute Gasteiger partial charge is 0.204 e. The molecule has 0 aliphatic heterocycles. The van der Waals surface area contributed by atoms with Crippen LogP contribution in [0, 0.1) is 23.0 Å². The summed E-state index contributed by atoms with van der Waals surface area (Å²) in [6.07, 6.45) is 9.13. The first-order valence-corrected chi connectivity index (χ1v) is 7.57. The second-order valence-electron chi connectivity index (χ2n) is 6.70. The maximum absolute atomic E-state index is 13.2.